The molecule has 0 saturated heterocycles. The minimum atomic E-state index is 0. The molecule has 1 nitrogen and oxygen atoms in total. The zero-order chi connectivity index (χ0) is 5.54. The van der Waals surface area contributed by atoms with Gasteiger partial charge in [-0.15, -0.1) is 36.3 Å². The molecular weight excluding hydrogens is 370 g/mol. The molecule has 0 rings (SSSR count). The Bertz CT molecular complexity index is 33.2. The van der Waals surface area contributed by atoms with Crippen LogP contribution in [0.4, 0.5) is 0 Å². The molecule has 0 aliphatic carbocycles. The van der Waals surface area contributed by atoms with Crippen LogP contribution in [-0.2, 0) is 0 Å². The summed E-state index contributed by atoms with van der Waals surface area (Å²) < 4.78 is 0. The first-order chi connectivity index (χ1) is 3.41. The van der Waals surface area contributed by atoms with Gasteiger partial charge in [0.1, 0.15) is 0 Å². The Morgan fingerprint density at radius 3 is 1.62 bits per heavy atom. The Morgan fingerprint density at radius 1 is 1.00 bits per heavy atom. The van der Waals surface area contributed by atoms with Gasteiger partial charge in [0, 0.05) is 41.7 Å². The fraction of sp³-hybridized carbons (Fsp3) is 1.00. The van der Waals surface area contributed by atoms with Crippen LogP contribution in [0.2, 0.25) is 0 Å². The van der Waals surface area contributed by atoms with Crippen molar-refractivity contribution in [2.24, 2.45) is 0 Å². The molecule has 0 unspecified atom stereocenters. The number of halogens is 2. The van der Waals surface area contributed by atoms with Crippen LogP contribution in [0.3, 0.4) is 0 Å². The predicted molar refractivity (Wildman–Crippen MR) is 34.5 cm³/mol. The molecule has 0 saturated carbocycles. The molecule has 0 N–H and O–H groups in total. The Labute approximate surface area is 82.8 Å². The van der Waals surface area contributed by atoms with E-state index in [9.17, 15) is 0 Å². The maximum atomic E-state index is 5.30. The summed E-state index contributed by atoms with van der Waals surface area (Å²) in [5.41, 5.74) is 0. The van der Waals surface area contributed by atoms with E-state index in [0.29, 0.717) is 11.8 Å². The van der Waals surface area contributed by atoms with Gasteiger partial charge >= 0.3 is 0 Å². The number of hydrogen-bond donors (Lipinski definition) is 0. The molecule has 0 amide bonds. The first kappa shape index (κ1) is 12.3. The summed E-state index contributed by atoms with van der Waals surface area (Å²) in [7, 11) is 0. The van der Waals surface area contributed by atoms with E-state index < -0.39 is 0 Å². The van der Waals surface area contributed by atoms with E-state index >= 15 is 0 Å². The van der Waals surface area contributed by atoms with Crippen LogP contribution in [0.25, 0.3) is 5.32 Å². The van der Waals surface area contributed by atoms with Gasteiger partial charge in [0.15, 0.2) is 0 Å². The molecule has 49 valence electrons. The molecule has 0 aliphatic rings. The average molecular weight is 378 g/mol. The summed E-state index contributed by atoms with van der Waals surface area (Å²) in [4.78, 5) is 0. The molecular formula is C4H8Cl2NNp-. The maximum Gasteiger partial charge on any atom is 0.00347 e. The van der Waals surface area contributed by atoms with E-state index in [-0.39, 0.29) is 29.9 Å². The fourth-order valence-corrected chi connectivity index (χ4v) is 0.470. The van der Waals surface area contributed by atoms with Crippen molar-refractivity contribution >= 4 is 23.2 Å². The Balaban J connectivity index is 0. The van der Waals surface area contributed by atoms with Crippen molar-refractivity contribution in [1.29, 1.82) is 0 Å². The molecule has 0 spiro atoms. The molecule has 0 atom stereocenters. The van der Waals surface area contributed by atoms with E-state index in [0.717, 1.165) is 13.1 Å². The zero-order valence-corrected chi connectivity index (χ0v) is 9.71. The van der Waals surface area contributed by atoms with Crippen LogP contribution >= 0.6 is 23.2 Å². The van der Waals surface area contributed by atoms with Gasteiger partial charge in [-0.3, -0.25) is 0 Å². The van der Waals surface area contributed by atoms with Crippen LogP contribution in [0.5, 0.6) is 0 Å². The van der Waals surface area contributed by atoms with Crippen molar-refractivity contribution in [3.8, 4) is 0 Å². The van der Waals surface area contributed by atoms with E-state index in [1.165, 1.54) is 0 Å². The van der Waals surface area contributed by atoms with Crippen molar-refractivity contribution in [2.75, 3.05) is 24.8 Å². The number of nitrogens with zero attached hydrogens (tertiary/aromatic N) is 1. The largest absolute Gasteiger partial charge is 0.660 e. The molecule has 0 bridgehead atoms. The van der Waals surface area contributed by atoms with E-state index in [1.54, 1.807) is 0 Å². The van der Waals surface area contributed by atoms with Gasteiger partial charge in [-0.2, -0.15) is 0 Å². The Morgan fingerprint density at radius 2 is 1.38 bits per heavy atom. The normalized spacial score (nSPS) is 8.25. The summed E-state index contributed by atoms with van der Waals surface area (Å²) in [5, 5.41) is 3.94. The molecule has 0 heterocycles. The second kappa shape index (κ2) is 11.4. The van der Waals surface area contributed by atoms with Crippen LogP contribution in [0, 0.1) is 29.9 Å². The van der Waals surface area contributed by atoms with E-state index in [2.05, 4.69) is 5.32 Å². The second-order valence-corrected chi connectivity index (χ2v) is 1.80. The maximum absolute atomic E-state index is 5.30. The molecule has 0 aromatic heterocycles. The first-order valence-electron chi connectivity index (χ1n) is 2.17. The van der Waals surface area contributed by atoms with Crippen LogP contribution in [-0.4, -0.2) is 24.8 Å². The minimum Gasteiger partial charge on any atom is -0.660 e. The number of rotatable bonds is 4. The summed E-state index contributed by atoms with van der Waals surface area (Å²) in [6.45, 7) is 1.46. The van der Waals surface area contributed by atoms with Crippen LogP contribution in [0.1, 0.15) is 0 Å². The quantitative estimate of drug-likeness (QED) is 0.524. The Hall–Kier alpha value is 1.55. The van der Waals surface area contributed by atoms with Gasteiger partial charge in [0.2, 0.25) is 0 Å². The van der Waals surface area contributed by atoms with E-state index in [1.807, 2.05) is 0 Å². The number of alkyl halides is 2. The zero-order valence-electron chi connectivity index (χ0n) is 4.48. The van der Waals surface area contributed by atoms with Gasteiger partial charge in [-0.05, 0) is 0 Å². The molecule has 4 heteroatoms. The van der Waals surface area contributed by atoms with Crippen LogP contribution in [0.15, 0.2) is 0 Å². The first-order valence-corrected chi connectivity index (χ1v) is 3.24. The predicted octanol–water partition coefficient (Wildman–Crippen LogP) is 1.84. The third kappa shape index (κ3) is 10.5. The summed E-state index contributed by atoms with van der Waals surface area (Å²) in [6.07, 6.45) is 0. The SMILES string of the molecule is ClCC[N-]CCCl.[Np]. The molecule has 0 fully saturated rings. The van der Waals surface area contributed by atoms with Crippen molar-refractivity contribution in [3.63, 3.8) is 0 Å². The van der Waals surface area contributed by atoms with Crippen molar-refractivity contribution < 1.29 is 29.9 Å². The van der Waals surface area contributed by atoms with Gasteiger partial charge in [-0.1, -0.05) is 0 Å². The molecule has 0 aliphatic heterocycles. The summed E-state index contributed by atoms with van der Waals surface area (Å²) in [5.74, 6) is 1.22. The summed E-state index contributed by atoms with van der Waals surface area (Å²) >= 11 is 10.6. The van der Waals surface area contributed by atoms with Gasteiger partial charge in [0.25, 0.3) is 0 Å². The van der Waals surface area contributed by atoms with Crippen molar-refractivity contribution in [3.05, 3.63) is 5.32 Å². The number of hydrogen-bond acceptors (Lipinski definition) is 0. The Kier molecular flexibility index (Phi) is 17.4. The smallest absolute Gasteiger partial charge is 0.00347 e. The average Bonchev–Trinajstić information content (AvgIpc) is 1.69. The van der Waals surface area contributed by atoms with Crippen LogP contribution < -0.4 is 0 Å². The van der Waals surface area contributed by atoms with Crippen molar-refractivity contribution in [1.82, 2.24) is 0 Å². The summed E-state index contributed by atoms with van der Waals surface area (Å²) in [6, 6.07) is 0. The topological polar surface area (TPSA) is 14.1 Å². The van der Waals surface area contributed by atoms with Crippen molar-refractivity contribution in [2.45, 2.75) is 0 Å². The van der Waals surface area contributed by atoms with Gasteiger partial charge in [0.05, 0.1) is 0 Å². The van der Waals surface area contributed by atoms with Gasteiger partial charge in [-0.25, -0.2) is 0 Å². The standard InChI is InChI=1S/C4H8Cl2N.Np/c5-1-3-7-4-2-6;/h1-4H2;/q-1;. The molecule has 8 heavy (non-hydrogen) atoms. The fourth-order valence-electron chi connectivity index (χ4n) is 0.231. The third-order valence-electron chi connectivity index (χ3n) is 0.485. The van der Waals surface area contributed by atoms with E-state index in [4.69, 9.17) is 23.2 Å². The monoisotopic (exact) mass is 376 g/mol. The minimum absolute atomic E-state index is 0. The molecule has 0 aromatic rings. The molecule has 0 aromatic carbocycles. The van der Waals surface area contributed by atoms with Gasteiger partial charge < -0.3 is 5.32 Å². The third-order valence-corrected chi connectivity index (χ3v) is 0.823. The second-order valence-electron chi connectivity index (χ2n) is 1.05. The molecule has 1 radical (unpaired) electrons.